The van der Waals surface area contributed by atoms with Gasteiger partial charge in [-0.1, -0.05) is 30.3 Å². The minimum absolute atomic E-state index is 0.102. The highest BCUT2D eigenvalue weighted by Gasteiger charge is 2.29. The van der Waals surface area contributed by atoms with Gasteiger partial charge in [-0.2, -0.15) is 4.31 Å². The molecule has 7 heteroatoms. The van der Waals surface area contributed by atoms with Gasteiger partial charge in [-0.3, -0.25) is 9.69 Å². The number of hydrogen-bond acceptors (Lipinski definition) is 4. The first-order chi connectivity index (χ1) is 13.5. The second kappa shape index (κ2) is 8.03. The molecule has 0 atom stereocenters. The molecule has 2 aliphatic heterocycles. The van der Waals surface area contributed by atoms with Crippen molar-refractivity contribution in [2.45, 2.75) is 24.3 Å². The van der Waals surface area contributed by atoms with Gasteiger partial charge in [-0.15, -0.1) is 0 Å². The number of carbonyl (C=O) groups is 1. The van der Waals surface area contributed by atoms with Crippen molar-refractivity contribution < 1.29 is 13.2 Å². The second-order valence-electron chi connectivity index (χ2n) is 7.31. The van der Waals surface area contributed by atoms with Crippen LogP contribution in [0.15, 0.2) is 59.5 Å². The van der Waals surface area contributed by atoms with Crippen LogP contribution in [0.25, 0.3) is 0 Å². The molecular formula is C21H25N3O3S. The summed E-state index contributed by atoms with van der Waals surface area (Å²) in [6.07, 6.45) is 1.42. The van der Waals surface area contributed by atoms with Gasteiger partial charge in [-0.25, -0.2) is 8.42 Å². The zero-order valence-corrected chi connectivity index (χ0v) is 16.6. The molecule has 2 heterocycles. The highest BCUT2D eigenvalue weighted by atomic mass is 32.2. The Labute approximate surface area is 166 Å². The highest BCUT2D eigenvalue weighted by Crippen LogP contribution is 2.25. The van der Waals surface area contributed by atoms with E-state index >= 15 is 0 Å². The molecule has 0 aromatic heterocycles. The summed E-state index contributed by atoms with van der Waals surface area (Å²) in [5.41, 5.74) is 2.01. The number of rotatable bonds is 5. The van der Waals surface area contributed by atoms with Crippen LogP contribution in [0.1, 0.15) is 18.4 Å². The monoisotopic (exact) mass is 399 g/mol. The summed E-state index contributed by atoms with van der Waals surface area (Å²) >= 11 is 0. The number of anilines is 1. The topological polar surface area (TPSA) is 60.9 Å². The number of hydrogen-bond donors (Lipinski definition) is 0. The number of benzene rings is 2. The maximum Gasteiger partial charge on any atom is 0.243 e. The number of carbonyl (C=O) groups excluding carboxylic acids is 1. The molecule has 2 saturated heterocycles. The third kappa shape index (κ3) is 3.97. The van der Waals surface area contributed by atoms with E-state index in [1.807, 2.05) is 18.2 Å². The van der Waals surface area contributed by atoms with Crippen molar-refractivity contribution in [2.75, 3.05) is 37.6 Å². The van der Waals surface area contributed by atoms with Gasteiger partial charge in [0.2, 0.25) is 15.9 Å². The summed E-state index contributed by atoms with van der Waals surface area (Å²) in [5, 5.41) is 0. The molecule has 6 nitrogen and oxygen atoms in total. The Bertz CT molecular complexity index is 921. The molecule has 2 aliphatic rings. The van der Waals surface area contributed by atoms with Crippen LogP contribution >= 0.6 is 0 Å². The van der Waals surface area contributed by atoms with Crippen molar-refractivity contribution >= 4 is 21.6 Å². The predicted octanol–water partition coefficient (Wildman–Crippen LogP) is 2.32. The van der Waals surface area contributed by atoms with E-state index in [0.717, 1.165) is 18.7 Å². The van der Waals surface area contributed by atoms with Crippen LogP contribution in [0.5, 0.6) is 0 Å². The number of piperazine rings is 1. The molecule has 0 unspecified atom stereocenters. The Morgan fingerprint density at radius 1 is 0.821 bits per heavy atom. The van der Waals surface area contributed by atoms with Crippen LogP contribution in [0.2, 0.25) is 0 Å². The predicted molar refractivity (Wildman–Crippen MR) is 109 cm³/mol. The summed E-state index contributed by atoms with van der Waals surface area (Å²) in [6.45, 7) is 3.95. The zero-order chi connectivity index (χ0) is 19.6. The lowest BCUT2D eigenvalue weighted by atomic mass is 10.2. The molecule has 0 saturated carbocycles. The fourth-order valence-electron chi connectivity index (χ4n) is 3.84. The van der Waals surface area contributed by atoms with Crippen molar-refractivity contribution in [1.29, 1.82) is 0 Å². The Morgan fingerprint density at radius 2 is 1.50 bits per heavy atom. The Hall–Kier alpha value is -2.22. The summed E-state index contributed by atoms with van der Waals surface area (Å²) in [6, 6.07) is 16.9. The molecule has 2 aromatic carbocycles. The lowest BCUT2D eigenvalue weighted by Crippen LogP contribution is -2.48. The number of nitrogens with zero attached hydrogens (tertiary/aromatic N) is 3. The first kappa shape index (κ1) is 19.1. The quantitative estimate of drug-likeness (QED) is 0.774. The van der Waals surface area contributed by atoms with E-state index in [4.69, 9.17) is 0 Å². The van der Waals surface area contributed by atoms with E-state index in [0.29, 0.717) is 44.0 Å². The van der Waals surface area contributed by atoms with Gasteiger partial charge in [0.05, 0.1) is 4.90 Å². The Balaban J connectivity index is 1.39. The average molecular weight is 400 g/mol. The van der Waals surface area contributed by atoms with E-state index in [9.17, 15) is 13.2 Å². The van der Waals surface area contributed by atoms with Gasteiger partial charge < -0.3 is 4.90 Å². The fraction of sp³-hybridized carbons (Fsp3) is 0.381. The standard InChI is InChI=1S/C21H25N3O3S/c25-21-7-4-12-24(21)19-8-10-20(11-9-19)28(26,27)23-15-13-22(14-16-23)17-18-5-2-1-3-6-18/h1-3,5-6,8-11H,4,7,12-17H2. The first-order valence-electron chi connectivity index (χ1n) is 9.71. The van der Waals surface area contributed by atoms with Crippen molar-refractivity contribution in [2.24, 2.45) is 0 Å². The van der Waals surface area contributed by atoms with Crippen LogP contribution < -0.4 is 4.90 Å². The van der Waals surface area contributed by atoms with Crippen molar-refractivity contribution in [1.82, 2.24) is 9.21 Å². The molecule has 28 heavy (non-hydrogen) atoms. The normalized spacial score (nSPS) is 19.3. The highest BCUT2D eigenvalue weighted by molar-refractivity contribution is 7.89. The molecule has 4 rings (SSSR count). The molecule has 0 N–H and O–H groups in total. The molecule has 0 bridgehead atoms. The average Bonchev–Trinajstić information content (AvgIpc) is 3.15. The number of amides is 1. The van der Waals surface area contributed by atoms with Crippen LogP contribution in [-0.2, 0) is 21.4 Å². The van der Waals surface area contributed by atoms with Gasteiger partial charge in [0.1, 0.15) is 0 Å². The lowest BCUT2D eigenvalue weighted by molar-refractivity contribution is -0.117. The maximum absolute atomic E-state index is 13.0. The molecule has 0 aliphatic carbocycles. The van der Waals surface area contributed by atoms with Gasteiger partial charge in [-0.05, 0) is 36.2 Å². The molecule has 2 fully saturated rings. The van der Waals surface area contributed by atoms with Crippen LogP contribution in [0.4, 0.5) is 5.69 Å². The molecule has 0 radical (unpaired) electrons. The van der Waals surface area contributed by atoms with Crippen LogP contribution in [0.3, 0.4) is 0 Å². The molecule has 1 amide bonds. The molecular weight excluding hydrogens is 374 g/mol. The Morgan fingerprint density at radius 3 is 2.11 bits per heavy atom. The van der Waals surface area contributed by atoms with Crippen molar-refractivity contribution in [3.8, 4) is 0 Å². The largest absolute Gasteiger partial charge is 0.312 e. The molecule has 148 valence electrons. The van der Waals surface area contributed by atoms with Crippen LogP contribution in [0, 0.1) is 0 Å². The minimum atomic E-state index is -3.51. The van der Waals surface area contributed by atoms with E-state index < -0.39 is 10.0 Å². The molecule has 2 aromatic rings. The van der Waals surface area contributed by atoms with Gasteiger partial charge in [0, 0.05) is 51.4 Å². The van der Waals surface area contributed by atoms with Gasteiger partial charge >= 0.3 is 0 Å². The van der Waals surface area contributed by atoms with E-state index in [1.165, 1.54) is 5.56 Å². The third-order valence-corrected chi connectivity index (χ3v) is 7.35. The molecule has 0 spiro atoms. The Kier molecular flexibility index (Phi) is 5.48. The van der Waals surface area contributed by atoms with Gasteiger partial charge in [0.15, 0.2) is 0 Å². The van der Waals surface area contributed by atoms with Gasteiger partial charge in [0.25, 0.3) is 0 Å². The van der Waals surface area contributed by atoms with E-state index in [2.05, 4.69) is 17.0 Å². The summed E-state index contributed by atoms with van der Waals surface area (Å²) in [4.78, 5) is 16.2. The van der Waals surface area contributed by atoms with E-state index in [1.54, 1.807) is 33.5 Å². The maximum atomic E-state index is 13.0. The van der Waals surface area contributed by atoms with Crippen molar-refractivity contribution in [3.63, 3.8) is 0 Å². The number of sulfonamides is 1. The second-order valence-corrected chi connectivity index (χ2v) is 9.25. The zero-order valence-electron chi connectivity index (χ0n) is 15.8. The summed E-state index contributed by atoms with van der Waals surface area (Å²) in [7, 11) is -3.51. The third-order valence-electron chi connectivity index (χ3n) is 5.44. The smallest absolute Gasteiger partial charge is 0.243 e. The summed E-state index contributed by atoms with van der Waals surface area (Å²) < 4.78 is 27.5. The van der Waals surface area contributed by atoms with Crippen LogP contribution in [-0.4, -0.2) is 56.3 Å². The minimum Gasteiger partial charge on any atom is -0.312 e. The fourth-order valence-corrected chi connectivity index (χ4v) is 5.26. The first-order valence-corrected chi connectivity index (χ1v) is 11.1. The van der Waals surface area contributed by atoms with Crippen molar-refractivity contribution in [3.05, 3.63) is 60.2 Å². The SMILES string of the molecule is O=C1CCCN1c1ccc(S(=O)(=O)N2CCN(Cc3ccccc3)CC2)cc1. The van der Waals surface area contributed by atoms with E-state index in [-0.39, 0.29) is 5.91 Å². The lowest BCUT2D eigenvalue weighted by Gasteiger charge is -2.34. The summed E-state index contributed by atoms with van der Waals surface area (Å²) in [5.74, 6) is 0.102.